The van der Waals surface area contributed by atoms with Gasteiger partial charge in [0.25, 0.3) is 0 Å². The average molecular weight is 485 g/mol. The molecule has 4 aromatic rings. The van der Waals surface area contributed by atoms with Crippen molar-refractivity contribution in [2.24, 2.45) is 0 Å². The van der Waals surface area contributed by atoms with Crippen LogP contribution in [0, 0.1) is 0 Å². The molecule has 0 spiro atoms. The smallest absolute Gasteiger partial charge is 0.413 e. The number of carbonyl (C=O) groups is 1. The molecule has 0 aliphatic carbocycles. The minimum Gasteiger partial charge on any atom is -0.450 e. The van der Waals surface area contributed by atoms with Gasteiger partial charge in [-0.1, -0.05) is 12.6 Å². The van der Waals surface area contributed by atoms with Gasteiger partial charge in [0.05, 0.1) is 23.3 Å². The van der Waals surface area contributed by atoms with E-state index in [0.29, 0.717) is 22.9 Å². The van der Waals surface area contributed by atoms with Gasteiger partial charge in [0, 0.05) is 61.1 Å². The van der Waals surface area contributed by atoms with Gasteiger partial charge in [-0.2, -0.15) is 0 Å². The van der Waals surface area contributed by atoms with E-state index in [1.807, 2.05) is 24.4 Å². The molecule has 36 heavy (non-hydrogen) atoms. The number of benzene rings is 1. The van der Waals surface area contributed by atoms with Gasteiger partial charge >= 0.3 is 6.09 Å². The lowest BCUT2D eigenvalue weighted by molar-refractivity contribution is 0.167. The number of carbonyl (C=O) groups excluding carboxylic acids is 1. The first kappa shape index (κ1) is 23.4. The molecule has 1 atom stereocenters. The third-order valence-corrected chi connectivity index (χ3v) is 6.08. The zero-order valence-corrected chi connectivity index (χ0v) is 20.3. The van der Waals surface area contributed by atoms with Gasteiger partial charge in [0.2, 0.25) is 5.95 Å². The van der Waals surface area contributed by atoms with Crippen LogP contribution < -0.4 is 10.6 Å². The van der Waals surface area contributed by atoms with Gasteiger partial charge in [-0.3, -0.25) is 15.2 Å². The summed E-state index contributed by atoms with van der Waals surface area (Å²) in [6, 6.07) is 10.2. The zero-order valence-electron chi connectivity index (χ0n) is 20.3. The van der Waals surface area contributed by atoms with E-state index in [1.165, 1.54) is 0 Å². The Bertz CT molecular complexity index is 1380. The van der Waals surface area contributed by atoms with E-state index >= 15 is 0 Å². The number of hydrogen-bond acceptors (Lipinski definition) is 8. The second kappa shape index (κ2) is 10.1. The summed E-state index contributed by atoms with van der Waals surface area (Å²) in [4.78, 5) is 35.6. The van der Waals surface area contributed by atoms with Crippen LogP contribution in [0.2, 0.25) is 0 Å². The molecule has 1 aliphatic rings. The predicted molar refractivity (Wildman–Crippen MR) is 138 cm³/mol. The van der Waals surface area contributed by atoms with Crippen molar-refractivity contribution in [1.82, 2.24) is 35.1 Å². The van der Waals surface area contributed by atoms with Crippen molar-refractivity contribution in [3.63, 3.8) is 0 Å². The Hall–Kier alpha value is -4.31. The average Bonchev–Trinajstić information content (AvgIpc) is 3.29. The summed E-state index contributed by atoms with van der Waals surface area (Å²) in [5.41, 5.74) is 6.04. The van der Waals surface area contributed by atoms with Crippen LogP contribution in [0.5, 0.6) is 0 Å². The Kier molecular flexibility index (Phi) is 6.59. The van der Waals surface area contributed by atoms with Crippen molar-refractivity contribution in [3.05, 3.63) is 66.9 Å². The fourth-order valence-corrected chi connectivity index (χ4v) is 4.20. The number of amides is 1. The third kappa shape index (κ3) is 5.03. The second-order valence-corrected chi connectivity index (χ2v) is 8.70. The van der Waals surface area contributed by atoms with Crippen LogP contribution >= 0.6 is 0 Å². The van der Waals surface area contributed by atoms with E-state index in [1.54, 1.807) is 25.4 Å². The molecule has 0 unspecified atom stereocenters. The Labute approximate surface area is 208 Å². The van der Waals surface area contributed by atoms with Crippen LogP contribution in [-0.4, -0.2) is 61.7 Å². The Balaban J connectivity index is 1.47. The van der Waals surface area contributed by atoms with Gasteiger partial charge in [0.1, 0.15) is 0 Å². The van der Waals surface area contributed by atoms with Crippen molar-refractivity contribution in [3.8, 4) is 22.5 Å². The molecule has 5 rings (SSSR count). The number of fused-ring (bicyclic) bond motifs is 1. The summed E-state index contributed by atoms with van der Waals surface area (Å²) >= 11 is 0. The van der Waals surface area contributed by atoms with Crippen molar-refractivity contribution in [2.45, 2.75) is 26.4 Å². The quantitative estimate of drug-likeness (QED) is 0.376. The second-order valence-electron chi connectivity index (χ2n) is 8.70. The largest absolute Gasteiger partial charge is 0.450 e. The fraction of sp³-hybridized carbons (Fsp3) is 0.269. The van der Waals surface area contributed by atoms with E-state index in [2.05, 4.69) is 55.0 Å². The number of imidazole rings is 1. The highest BCUT2D eigenvalue weighted by molar-refractivity contribution is 5.96. The molecule has 4 heterocycles. The maximum absolute atomic E-state index is 11.9. The summed E-state index contributed by atoms with van der Waals surface area (Å²) in [5.74, 6) is 0.839. The van der Waals surface area contributed by atoms with E-state index in [9.17, 15) is 4.79 Å². The van der Waals surface area contributed by atoms with Gasteiger partial charge < -0.3 is 15.0 Å². The maximum Gasteiger partial charge on any atom is 0.413 e. The molecule has 10 nitrogen and oxygen atoms in total. The molecule has 3 N–H and O–H groups in total. The molecule has 1 fully saturated rings. The van der Waals surface area contributed by atoms with E-state index in [0.717, 1.165) is 47.7 Å². The molecular weight excluding hydrogens is 456 g/mol. The minimum atomic E-state index is -0.573. The summed E-state index contributed by atoms with van der Waals surface area (Å²) in [7, 11) is 0. The molecule has 1 saturated heterocycles. The molecule has 10 heteroatoms. The molecule has 0 radical (unpaired) electrons. The number of pyridine rings is 1. The van der Waals surface area contributed by atoms with Crippen LogP contribution in [0.15, 0.2) is 61.2 Å². The Morgan fingerprint density at radius 2 is 2.06 bits per heavy atom. The standard InChI is InChI=1S/C26H28N8O2/c1-4-36-26(35)33-25-31-22-11-19(10-21(23(22)32-25)24-27-8-5-9-28-24)18-6-7-20(30-13-18)15-34-14-16(2)29-12-17(34)3/h5-11,13,17,29H,2,4,12,14-15H2,1,3H3,(H2,31,32,33,35)/t17-/m1/s1. The topological polar surface area (TPSA) is 121 Å². The number of aromatic nitrogens is 5. The zero-order chi connectivity index (χ0) is 25.1. The Morgan fingerprint density at radius 1 is 1.22 bits per heavy atom. The summed E-state index contributed by atoms with van der Waals surface area (Å²) in [5, 5.41) is 5.95. The molecule has 1 amide bonds. The van der Waals surface area contributed by atoms with Gasteiger partial charge in [0.15, 0.2) is 5.82 Å². The van der Waals surface area contributed by atoms with Crippen LogP contribution in [-0.2, 0) is 11.3 Å². The normalized spacial score (nSPS) is 16.1. The summed E-state index contributed by atoms with van der Waals surface area (Å²) in [6.45, 7) is 10.7. The number of nitrogens with one attached hydrogen (secondary N) is 3. The molecule has 184 valence electrons. The molecule has 0 bridgehead atoms. The fourth-order valence-electron chi connectivity index (χ4n) is 4.20. The van der Waals surface area contributed by atoms with Crippen molar-refractivity contribution < 1.29 is 9.53 Å². The first-order valence-corrected chi connectivity index (χ1v) is 11.9. The third-order valence-electron chi connectivity index (χ3n) is 6.08. The SMILES string of the molecule is C=C1CN(Cc2ccc(-c3cc(-c4ncccn4)c4[nH]c(NC(=O)OCC)nc4c3)cn2)[C@H](C)CN1. The number of anilines is 1. The lowest BCUT2D eigenvalue weighted by Gasteiger charge is -2.35. The number of piperazine rings is 1. The number of ether oxygens (including phenoxy) is 1. The van der Waals surface area contributed by atoms with Gasteiger partial charge in [-0.05, 0) is 43.7 Å². The highest BCUT2D eigenvalue weighted by Crippen LogP contribution is 2.32. The predicted octanol–water partition coefficient (Wildman–Crippen LogP) is 3.96. The number of hydrogen-bond donors (Lipinski definition) is 3. The van der Waals surface area contributed by atoms with E-state index < -0.39 is 6.09 Å². The Morgan fingerprint density at radius 3 is 2.81 bits per heavy atom. The van der Waals surface area contributed by atoms with Crippen molar-refractivity contribution in [1.29, 1.82) is 0 Å². The molecule has 1 aromatic carbocycles. The maximum atomic E-state index is 11.9. The summed E-state index contributed by atoms with van der Waals surface area (Å²) < 4.78 is 4.97. The number of aromatic amines is 1. The first-order chi connectivity index (χ1) is 17.5. The van der Waals surface area contributed by atoms with Gasteiger partial charge in [-0.25, -0.2) is 19.7 Å². The van der Waals surface area contributed by atoms with Gasteiger partial charge in [-0.15, -0.1) is 0 Å². The van der Waals surface area contributed by atoms with Crippen molar-refractivity contribution in [2.75, 3.05) is 25.0 Å². The van der Waals surface area contributed by atoms with Crippen LogP contribution in [0.4, 0.5) is 10.7 Å². The highest BCUT2D eigenvalue weighted by Gasteiger charge is 2.20. The molecular formula is C26H28N8O2. The monoisotopic (exact) mass is 484 g/mol. The number of nitrogens with zero attached hydrogens (tertiary/aromatic N) is 5. The molecule has 1 aliphatic heterocycles. The van der Waals surface area contributed by atoms with Crippen LogP contribution in [0.3, 0.4) is 0 Å². The van der Waals surface area contributed by atoms with Crippen molar-refractivity contribution >= 4 is 23.1 Å². The first-order valence-electron chi connectivity index (χ1n) is 11.9. The molecule has 3 aromatic heterocycles. The summed E-state index contributed by atoms with van der Waals surface area (Å²) in [6.07, 6.45) is 4.68. The van der Waals surface area contributed by atoms with E-state index in [-0.39, 0.29) is 12.6 Å². The van der Waals surface area contributed by atoms with Crippen LogP contribution in [0.1, 0.15) is 19.5 Å². The lowest BCUT2D eigenvalue weighted by atomic mass is 10.0. The molecule has 0 saturated carbocycles. The van der Waals surface area contributed by atoms with Crippen LogP contribution in [0.25, 0.3) is 33.5 Å². The highest BCUT2D eigenvalue weighted by atomic mass is 16.5. The minimum absolute atomic E-state index is 0.268. The number of rotatable bonds is 6. The van der Waals surface area contributed by atoms with E-state index in [4.69, 9.17) is 9.72 Å². The number of H-pyrrole nitrogens is 1. The lowest BCUT2D eigenvalue weighted by Crippen LogP contribution is -2.47.